The van der Waals surface area contributed by atoms with E-state index in [0.717, 1.165) is 63.4 Å². The first-order valence-corrected chi connectivity index (χ1v) is 29.8. The predicted molar refractivity (Wildman–Crippen MR) is 360 cm³/mol. The molecule has 9 aromatic carbocycles. The number of hydrogen-bond donors (Lipinski definition) is 0. The molecule has 3 heterocycles. The Labute approximate surface area is 517 Å². The Kier molecular flexibility index (Phi) is 11.1. The molecule has 0 radical (unpaired) electrons. The van der Waals surface area contributed by atoms with Crippen LogP contribution in [0, 0.1) is 0 Å². The van der Waals surface area contributed by atoms with E-state index >= 15 is 0 Å². The number of benzene rings is 9. The van der Waals surface area contributed by atoms with Gasteiger partial charge in [0.25, 0.3) is 0 Å². The Hall–Kier alpha value is -8.67. The number of rotatable bonds is 9. The van der Waals surface area contributed by atoms with Crippen molar-refractivity contribution in [3.8, 4) is 61.8 Å². The molecule has 13 rings (SSSR count). The third-order valence-corrected chi connectivity index (χ3v) is 17.8. The number of fused-ring (bicyclic) bond motifs is 5. The molecule has 0 spiro atoms. The van der Waals surface area contributed by atoms with Crippen LogP contribution in [0.1, 0.15) is 143 Å². The van der Waals surface area contributed by atoms with Crippen molar-refractivity contribution in [1.29, 1.82) is 0 Å². The molecule has 5 heteroatoms. The fraction of sp³-hybridized carbons (Fsp3) is 0.263. The van der Waals surface area contributed by atoms with Crippen LogP contribution in [0.25, 0.3) is 72.1 Å². The van der Waals surface area contributed by atoms with E-state index in [4.69, 9.17) is 19.3 Å². The van der Waals surface area contributed by atoms with Gasteiger partial charge in [0.2, 0.25) is 0 Å². The summed E-state index contributed by atoms with van der Waals surface area (Å²) in [6.45, 7) is 29.8. The van der Waals surface area contributed by atoms with E-state index in [0.29, 0.717) is 51.4 Å². The molecule has 0 bridgehead atoms. The van der Waals surface area contributed by atoms with Crippen molar-refractivity contribution >= 4 is 44.6 Å². The first-order chi connectivity index (χ1) is 44.2. The van der Waals surface area contributed by atoms with Crippen molar-refractivity contribution in [1.82, 2.24) is 9.55 Å². The second-order valence-electron chi connectivity index (χ2n) is 27.8. The first-order valence-electron chi connectivity index (χ1n) is 34.3. The van der Waals surface area contributed by atoms with Gasteiger partial charge in [-0.25, -0.2) is 4.98 Å². The lowest BCUT2D eigenvalue weighted by atomic mass is 9.63. The number of pyridine rings is 1. The minimum Gasteiger partial charge on any atom is -0.457 e. The Morgan fingerprint density at radius 1 is 0.459 bits per heavy atom. The lowest BCUT2D eigenvalue weighted by Crippen LogP contribution is -2.33. The van der Waals surface area contributed by atoms with Gasteiger partial charge >= 0.3 is 0 Å². The Bertz CT molecular complexity index is 4900. The topological polar surface area (TPSA) is 33.5 Å². The molecular weight excluding hydrogens is 1030 g/mol. The van der Waals surface area contributed by atoms with Gasteiger partial charge in [0.15, 0.2) is 0 Å². The summed E-state index contributed by atoms with van der Waals surface area (Å²) in [6.07, 6.45) is 3.72. The average molecular weight is 1120 g/mol. The first kappa shape index (κ1) is 45.7. The smallest absolute Gasteiger partial charge is 0.137 e. The summed E-state index contributed by atoms with van der Waals surface area (Å²) in [7, 11) is 0. The molecular formula is C80H80N4O. The van der Waals surface area contributed by atoms with Crippen LogP contribution >= 0.6 is 0 Å². The molecule has 0 N–H and O–H groups in total. The summed E-state index contributed by atoms with van der Waals surface area (Å²) in [5.74, 6) is 1.30. The van der Waals surface area contributed by atoms with Crippen LogP contribution in [0.15, 0.2) is 212 Å². The van der Waals surface area contributed by atoms with E-state index in [2.05, 4.69) is 188 Å². The van der Waals surface area contributed by atoms with Crippen molar-refractivity contribution in [2.45, 2.75) is 130 Å². The van der Waals surface area contributed by atoms with Crippen LogP contribution in [0.5, 0.6) is 11.5 Å². The SMILES string of the molecule is [2H]c1c([2H])c([2H])c(-c2cnc(-n3c4cc(Oc5cccc(N6CN(c7c(-c8cc(-c9ccccc9)cc(C(C)(C)C)c8)cc(C(C)(C)C)cc7-c7ccc8c(c7)C(C)(C)CCC8(C)C)c7ccccc76)c5)ccc4c4c([2H])c([2H])c([2H])c([2H])c43)cc2C(C)(C)C)c([2H])c1[2H]. The third-order valence-electron chi connectivity index (χ3n) is 17.8. The number of para-hydroxylation sites is 3. The van der Waals surface area contributed by atoms with Crippen molar-refractivity contribution < 1.29 is 17.1 Å². The molecule has 0 atom stereocenters. The Balaban J connectivity index is 0.961. The summed E-state index contributed by atoms with van der Waals surface area (Å²) in [4.78, 5) is 9.77. The third kappa shape index (κ3) is 10.2. The monoisotopic (exact) mass is 1120 g/mol. The minimum atomic E-state index is -0.664. The molecule has 1 aliphatic heterocycles. The fourth-order valence-electron chi connectivity index (χ4n) is 12.8. The highest BCUT2D eigenvalue weighted by Gasteiger charge is 2.39. The van der Waals surface area contributed by atoms with E-state index in [9.17, 15) is 2.74 Å². The van der Waals surface area contributed by atoms with Gasteiger partial charge in [-0.3, -0.25) is 4.57 Å². The van der Waals surface area contributed by atoms with Crippen LogP contribution in [-0.4, -0.2) is 16.2 Å². The number of nitrogens with zero attached hydrogens (tertiary/aromatic N) is 4. The Morgan fingerprint density at radius 2 is 1.09 bits per heavy atom. The Morgan fingerprint density at radius 3 is 1.81 bits per heavy atom. The molecule has 426 valence electrons. The number of anilines is 4. The van der Waals surface area contributed by atoms with Crippen LogP contribution in [0.2, 0.25) is 0 Å². The van der Waals surface area contributed by atoms with E-state index in [-0.39, 0.29) is 63.0 Å². The zero-order valence-electron chi connectivity index (χ0n) is 60.3. The largest absolute Gasteiger partial charge is 0.457 e. The maximum absolute atomic E-state index is 9.37. The molecule has 2 aliphatic rings. The van der Waals surface area contributed by atoms with Gasteiger partial charge in [0.1, 0.15) is 24.0 Å². The molecule has 11 aromatic rings. The van der Waals surface area contributed by atoms with Crippen LogP contribution in [0.4, 0.5) is 22.7 Å². The lowest BCUT2D eigenvalue weighted by molar-refractivity contribution is 0.332. The summed E-state index contributed by atoms with van der Waals surface area (Å²) >= 11 is 0. The van der Waals surface area contributed by atoms with Crippen molar-refractivity contribution in [3.05, 3.63) is 240 Å². The van der Waals surface area contributed by atoms with Crippen molar-refractivity contribution in [2.75, 3.05) is 16.5 Å². The van der Waals surface area contributed by atoms with Gasteiger partial charge in [0, 0.05) is 51.5 Å². The molecule has 85 heavy (non-hydrogen) atoms. The van der Waals surface area contributed by atoms with E-state index in [1.165, 1.54) is 34.0 Å². The molecule has 1 aliphatic carbocycles. The number of aromatic nitrogens is 2. The lowest BCUT2D eigenvalue weighted by Gasteiger charge is -2.42. The average Bonchev–Trinajstić information content (AvgIpc) is 1.43. The molecule has 5 nitrogen and oxygen atoms in total. The van der Waals surface area contributed by atoms with Gasteiger partial charge in [0.05, 0.1) is 40.4 Å². The van der Waals surface area contributed by atoms with Crippen LogP contribution in [-0.2, 0) is 27.1 Å². The number of ether oxygens (including phenoxy) is 1. The zero-order chi connectivity index (χ0) is 67.2. The quantitative estimate of drug-likeness (QED) is 0.144. The highest BCUT2D eigenvalue weighted by molar-refractivity contribution is 6.09. The maximum atomic E-state index is 9.37. The second kappa shape index (κ2) is 20.5. The normalized spacial score (nSPS) is 16.4. The van der Waals surface area contributed by atoms with Crippen LogP contribution in [0.3, 0.4) is 0 Å². The standard InChI is InChI=1S/C80H80N4O/c1-76(2,3)57-42-55(52-25-16-14-17-26-52)41-56(43-57)65-46-58(77(4,5)6)45-64(54-35-38-67-69(44-54)80(12,13)40-39-79(67,10)11)75(65)83-51-82(71-33-22-23-34-72(71)83)59-29-24-30-60(47-59)85-61-36-37-63-62-31-20-21-32-70(62)84(73(63)48-61)74-49-68(78(7,8)9)66(50-81-74)53-27-18-15-19-28-53/h14-38,41-50H,39-40,51H2,1-13H3/i15D,18D,19D,20D,21D,27D,28D,31D,32D. The predicted octanol–water partition coefficient (Wildman–Crippen LogP) is 22.1. The highest BCUT2D eigenvalue weighted by atomic mass is 16.5. The molecule has 2 aromatic heterocycles. The van der Waals surface area contributed by atoms with Crippen molar-refractivity contribution in [2.24, 2.45) is 0 Å². The van der Waals surface area contributed by atoms with Gasteiger partial charge < -0.3 is 14.5 Å². The van der Waals surface area contributed by atoms with Gasteiger partial charge in [-0.15, -0.1) is 0 Å². The summed E-state index contributed by atoms with van der Waals surface area (Å²) in [5, 5.41) is 0.849. The molecule has 0 fully saturated rings. The molecule has 0 saturated carbocycles. The number of hydrogen-bond acceptors (Lipinski definition) is 4. The van der Waals surface area contributed by atoms with E-state index in [1.807, 2.05) is 57.2 Å². The highest BCUT2D eigenvalue weighted by Crippen LogP contribution is 2.54. The molecule has 0 saturated heterocycles. The summed E-state index contributed by atoms with van der Waals surface area (Å²) in [6, 6.07) is 50.7. The van der Waals surface area contributed by atoms with Gasteiger partial charge in [-0.1, -0.05) is 217 Å². The summed E-state index contributed by atoms with van der Waals surface area (Å²) < 4.78 is 88.1. The molecule has 0 amide bonds. The zero-order valence-corrected chi connectivity index (χ0v) is 51.3. The van der Waals surface area contributed by atoms with E-state index < -0.39 is 29.6 Å². The van der Waals surface area contributed by atoms with Gasteiger partial charge in [-0.2, -0.15) is 0 Å². The van der Waals surface area contributed by atoms with Crippen LogP contribution < -0.4 is 14.5 Å². The summed E-state index contributed by atoms with van der Waals surface area (Å²) in [5.41, 5.74) is 17.1. The fourth-order valence-corrected chi connectivity index (χ4v) is 12.8. The van der Waals surface area contributed by atoms with Gasteiger partial charge in [-0.05, 0) is 162 Å². The van der Waals surface area contributed by atoms with Crippen molar-refractivity contribution in [3.63, 3.8) is 0 Å². The van der Waals surface area contributed by atoms with E-state index in [1.54, 1.807) is 10.6 Å². The molecule has 0 unspecified atom stereocenters. The second-order valence-corrected chi connectivity index (χ2v) is 27.8. The maximum Gasteiger partial charge on any atom is 0.137 e. The minimum absolute atomic E-state index is 0.0181.